The largest absolute Gasteiger partial charge is 0.396 e. The second-order valence-electron chi connectivity index (χ2n) is 5.52. The molecule has 4 heteroatoms. The SMILES string of the molecule is CC(C)(CCO)NC(=O)c1ccc2cc(Br)ccc2c1. The Morgan fingerprint density at radius 1 is 1.20 bits per heavy atom. The minimum Gasteiger partial charge on any atom is -0.396 e. The molecule has 0 saturated heterocycles. The van der Waals surface area contributed by atoms with Crippen LogP contribution in [-0.4, -0.2) is 23.2 Å². The maximum absolute atomic E-state index is 12.2. The first-order valence-corrected chi connectivity index (χ1v) is 7.33. The van der Waals surface area contributed by atoms with Crippen LogP contribution < -0.4 is 5.32 Å². The molecule has 0 atom stereocenters. The Bertz CT molecular complexity index is 637. The zero-order valence-electron chi connectivity index (χ0n) is 11.6. The van der Waals surface area contributed by atoms with Crippen LogP contribution in [0.5, 0.6) is 0 Å². The van der Waals surface area contributed by atoms with E-state index in [1.807, 2.05) is 50.2 Å². The smallest absolute Gasteiger partial charge is 0.251 e. The molecule has 0 aliphatic carbocycles. The maximum Gasteiger partial charge on any atom is 0.251 e. The van der Waals surface area contributed by atoms with Crippen molar-refractivity contribution in [3.63, 3.8) is 0 Å². The molecule has 2 aromatic carbocycles. The van der Waals surface area contributed by atoms with E-state index in [9.17, 15) is 4.79 Å². The Morgan fingerprint density at radius 3 is 2.55 bits per heavy atom. The van der Waals surface area contributed by atoms with Gasteiger partial charge in [-0.05, 0) is 55.3 Å². The molecule has 0 fully saturated rings. The van der Waals surface area contributed by atoms with Gasteiger partial charge in [-0.1, -0.05) is 28.1 Å². The lowest BCUT2D eigenvalue weighted by Gasteiger charge is -2.25. The van der Waals surface area contributed by atoms with E-state index in [4.69, 9.17) is 5.11 Å². The Morgan fingerprint density at radius 2 is 1.85 bits per heavy atom. The average molecular weight is 336 g/mol. The molecule has 0 spiro atoms. The number of carbonyl (C=O) groups excluding carboxylic acids is 1. The van der Waals surface area contributed by atoms with Gasteiger partial charge < -0.3 is 10.4 Å². The number of fused-ring (bicyclic) bond motifs is 1. The summed E-state index contributed by atoms with van der Waals surface area (Å²) in [7, 11) is 0. The van der Waals surface area contributed by atoms with Gasteiger partial charge in [-0.15, -0.1) is 0 Å². The van der Waals surface area contributed by atoms with Crippen LogP contribution in [0.15, 0.2) is 40.9 Å². The Kier molecular flexibility index (Phi) is 4.45. The Hall–Kier alpha value is -1.39. The predicted molar refractivity (Wildman–Crippen MR) is 84.9 cm³/mol. The molecular weight excluding hydrogens is 318 g/mol. The van der Waals surface area contributed by atoms with E-state index < -0.39 is 5.54 Å². The molecule has 2 N–H and O–H groups in total. The first kappa shape index (κ1) is 15.0. The average Bonchev–Trinajstić information content (AvgIpc) is 2.37. The van der Waals surface area contributed by atoms with E-state index in [0.29, 0.717) is 12.0 Å². The third-order valence-corrected chi connectivity index (χ3v) is 3.75. The maximum atomic E-state index is 12.2. The molecule has 0 aliphatic rings. The van der Waals surface area contributed by atoms with Crippen LogP contribution in [0.2, 0.25) is 0 Å². The van der Waals surface area contributed by atoms with Crippen LogP contribution >= 0.6 is 15.9 Å². The first-order valence-electron chi connectivity index (χ1n) is 6.54. The van der Waals surface area contributed by atoms with Crippen molar-refractivity contribution in [3.05, 3.63) is 46.4 Å². The second kappa shape index (κ2) is 5.94. The fraction of sp³-hybridized carbons (Fsp3) is 0.312. The molecule has 0 aromatic heterocycles. The molecule has 2 aromatic rings. The summed E-state index contributed by atoms with van der Waals surface area (Å²) in [6.45, 7) is 3.86. The number of halogens is 1. The number of hydrogen-bond donors (Lipinski definition) is 2. The molecule has 0 radical (unpaired) electrons. The summed E-state index contributed by atoms with van der Waals surface area (Å²) in [5, 5.41) is 14.1. The van der Waals surface area contributed by atoms with Crippen molar-refractivity contribution < 1.29 is 9.90 Å². The Labute approximate surface area is 127 Å². The molecule has 0 saturated carbocycles. The van der Waals surface area contributed by atoms with E-state index in [-0.39, 0.29) is 12.5 Å². The van der Waals surface area contributed by atoms with Crippen molar-refractivity contribution in [1.82, 2.24) is 5.32 Å². The zero-order valence-corrected chi connectivity index (χ0v) is 13.2. The lowest BCUT2D eigenvalue weighted by molar-refractivity contribution is 0.0899. The highest BCUT2D eigenvalue weighted by Gasteiger charge is 2.20. The monoisotopic (exact) mass is 335 g/mol. The standard InChI is InChI=1S/C16H18BrNO2/c1-16(2,7-8-19)18-15(20)13-4-3-12-10-14(17)6-5-11(12)9-13/h3-6,9-10,19H,7-8H2,1-2H3,(H,18,20). The van der Waals surface area contributed by atoms with E-state index in [1.54, 1.807) is 0 Å². The molecule has 2 rings (SSSR count). The lowest BCUT2D eigenvalue weighted by Crippen LogP contribution is -2.44. The van der Waals surface area contributed by atoms with Gasteiger partial charge in [-0.3, -0.25) is 4.79 Å². The molecule has 1 amide bonds. The number of aliphatic hydroxyl groups excluding tert-OH is 1. The minimum absolute atomic E-state index is 0.0546. The third-order valence-electron chi connectivity index (χ3n) is 3.25. The van der Waals surface area contributed by atoms with E-state index in [1.165, 1.54) is 0 Å². The number of hydrogen-bond acceptors (Lipinski definition) is 2. The number of nitrogens with one attached hydrogen (secondary N) is 1. The fourth-order valence-electron chi connectivity index (χ4n) is 2.08. The van der Waals surface area contributed by atoms with Crippen LogP contribution in [0.3, 0.4) is 0 Å². The van der Waals surface area contributed by atoms with Gasteiger partial charge in [0, 0.05) is 22.2 Å². The van der Waals surface area contributed by atoms with Crippen LogP contribution in [0.4, 0.5) is 0 Å². The van der Waals surface area contributed by atoms with Gasteiger partial charge >= 0.3 is 0 Å². The van der Waals surface area contributed by atoms with Gasteiger partial charge in [0.05, 0.1) is 0 Å². The summed E-state index contributed by atoms with van der Waals surface area (Å²) in [6, 6.07) is 11.6. The molecule has 0 heterocycles. The number of amides is 1. The Balaban J connectivity index is 2.24. The molecule has 0 unspecified atom stereocenters. The number of benzene rings is 2. The molecule has 106 valence electrons. The van der Waals surface area contributed by atoms with Crippen molar-refractivity contribution in [2.75, 3.05) is 6.61 Å². The highest BCUT2D eigenvalue weighted by atomic mass is 79.9. The summed E-state index contributed by atoms with van der Waals surface area (Å²) in [5.41, 5.74) is 0.214. The van der Waals surface area contributed by atoms with E-state index >= 15 is 0 Å². The fourth-order valence-corrected chi connectivity index (χ4v) is 2.46. The normalized spacial score (nSPS) is 11.6. The zero-order chi connectivity index (χ0) is 14.8. The topological polar surface area (TPSA) is 49.3 Å². The van der Waals surface area contributed by atoms with Gasteiger partial charge in [-0.2, -0.15) is 0 Å². The van der Waals surface area contributed by atoms with Gasteiger partial charge in [0.25, 0.3) is 5.91 Å². The number of carbonyl (C=O) groups is 1. The van der Waals surface area contributed by atoms with Crippen LogP contribution in [0, 0.1) is 0 Å². The quantitative estimate of drug-likeness (QED) is 0.898. The van der Waals surface area contributed by atoms with Gasteiger partial charge in [0.1, 0.15) is 0 Å². The van der Waals surface area contributed by atoms with Crippen molar-refractivity contribution in [2.24, 2.45) is 0 Å². The summed E-state index contributed by atoms with van der Waals surface area (Å²) in [6.07, 6.45) is 0.527. The molecule has 20 heavy (non-hydrogen) atoms. The lowest BCUT2D eigenvalue weighted by atomic mass is 10.00. The third kappa shape index (κ3) is 3.58. The highest BCUT2D eigenvalue weighted by molar-refractivity contribution is 9.10. The van der Waals surface area contributed by atoms with E-state index in [0.717, 1.165) is 15.2 Å². The van der Waals surface area contributed by atoms with E-state index in [2.05, 4.69) is 21.2 Å². The number of rotatable bonds is 4. The summed E-state index contributed by atoms with van der Waals surface area (Å²) in [4.78, 5) is 12.2. The number of aliphatic hydroxyl groups is 1. The second-order valence-corrected chi connectivity index (χ2v) is 6.43. The molecular formula is C16H18BrNO2. The predicted octanol–water partition coefficient (Wildman–Crippen LogP) is 3.49. The minimum atomic E-state index is -0.416. The van der Waals surface area contributed by atoms with Gasteiger partial charge in [0.2, 0.25) is 0 Å². The summed E-state index contributed by atoms with van der Waals surface area (Å²) >= 11 is 3.43. The molecule has 3 nitrogen and oxygen atoms in total. The van der Waals surface area contributed by atoms with Crippen molar-refractivity contribution >= 4 is 32.6 Å². The highest BCUT2D eigenvalue weighted by Crippen LogP contribution is 2.21. The summed E-state index contributed by atoms with van der Waals surface area (Å²) < 4.78 is 1.02. The van der Waals surface area contributed by atoms with Crippen molar-refractivity contribution in [3.8, 4) is 0 Å². The molecule has 0 aliphatic heterocycles. The van der Waals surface area contributed by atoms with Crippen molar-refractivity contribution in [2.45, 2.75) is 25.8 Å². The van der Waals surface area contributed by atoms with Crippen LogP contribution in [0.1, 0.15) is 30.6 Å². The van der Waals surface area contributed by atoms with Gasteiger partial charge in [0.15, 0.2) is 0 Å². The summed E-state index contributed by atoms with van der Waals surface area (Å²) in [5.74, 6) is -0.117. The molecule has 0 bridgehead atoms. The van der Waals surface area contributed by atoms with Gasteiger partial charge in [-0.25, -0.2) is 0 Å². The van der Waals surface area contributed by atoms with Crippen LogP contribution in [0.25, 0.3) is 10.8 Å². The first-order chi connectivity index (χ1) is 9.41. The van der Waals surface area contributed by atoms with Crippen LogP contribution in [-0.2, 0) is 0 Å². The van der Waals surface area contributed by atoms with Crippen molar-refractivity contribution in [1.29, 1.82) is 0 Å².